The Morgan fingerprint density at radius 2 is 1.76 bits per heavy atom. The highest BCUT2D eigenvalue weighted by Gasteiger charge is 2.37. The first-order valence-corrected chi connectivity index (χ1v) is 8.26. The highest BCUT2D eigenvalue weighted by molar-refractivity contribution is 5.77. The summed E-state index contributed by atoms with van der Waals surface area (Å²) in [4.78, 5) is 24.9. The number of urea groups is 1. The molecule has 1 saturated heterocycles. The van der Waals surface area contributed by atoms with Crippen molar-refractivity contribution in [3.8, 4) is 0 Å². The first-order chi connectivity index (χ1) is 10.0. The van der Waals surface area contributed by atoms with Gasteiger partial charge in [-0.3, -0.25) is 4.79 Å². The summed E-state index contributed by atoms with van der Waals surface area (Å²) in [5.74, 6) is 0.277. The molecule has 2 N–H and O–H groups in total. The molecule has 5 heteroatoms. The van der Waals surface area contributed by atoms with E-state index in [2.05, 4.69) is 12.2 Å². The highest BCUT2D eigenvalue weighted by Crippen LogP contribution is 2.30. The second kappa shape index (κ2) is 7.14. The van der Waals surface area contributed by atoms with Gasteiger partial charge >= 0.3 is 12.0 Å². The monoisotopic (exact) mass is 296 g/mol. The van der Waals surface area contributed by atoms with Crippen molar-refractivity contribution in [2.75, 3.05) is 19.6 Å². The molecule has 2 amide bonds. The number of nitrogens with one attached hydrogen (secondary N) is 1. The van der Waals surface area contributed by atoms with Crippen LogP contribution in [0, 0.1) is 23.7 Å². The van der Waals surface area contributed by atoms with Gasteiger partial charge in [0.1, 0.15) is 0 Å². The van der Waals surface area contributed by atoms with Gasteiger partial charge in [-0.2, -0.15) is 0 Å². The van der Waals surface area contributed by atoms with Crippen molar-refractivity contribution < 1.29 is 14.7 Å². The number of likely N-dealkylation sites (tertiary alicyclic amines) is 1. The Balaban J connectivity index is 1.72. The molecule has 0 spiro atoms. The Morgan fingerprint density at radius 3 is 2.29 bits per heavy atom. The number of hydrogen-bond donors (Lipinski definition) is 2. The van der Waals surface area contributed by atoms with Gasteiger partial charge in [0.15, 0.2) is 0 Å². The van der Waals surface area contributed by atoms with Crippen LogP contribution >= 0.6 is 0 Å². The number of carbonyl (C=O) groups is 2. The Labute approximate surface area is 127 Å². The van der Waals surface area contributed by atoms with Crippen LogP contribution < -0.4 is 5.32 Å². The summed E-state index contributed by atoms with van der Waals surface area (Å²) in [6, 6.07) is -0.0942. The summed E-state index contributed by atoms with van der Waals surface area (Å²) in [5.41, 5.74) is 0. The minimum Gasteiger partial charge on any atom is -0.481 e. The molecule has 5 nitrogen and oxygen atoms in total. The first kappa shape index (κ1) is 16.1. The molecule has 21 heavy (non-hydrogen) atoms. The number of amides is 2. The van der Waals surface area contributed by atoms with Gasteiger partial charge in [-0.05, 0) is 30.6 Å². The van der Waals surface area contributed by atoms with E-state index in [1.807, 2.05) is 6.92 Å². The van der Waals surface area contributed by atoms with Crippen LogP contribution in [-0.4, -0.2) is 41.6 Å². The van der Waals surface area contributed by atoms with E-state index in [1.54, 1.807) is 4.90 Å². The lowest BCUT2D eigenvalue weighted by Gasteiger charge is -2.28. The third-order valence-electron chi connectivity index (χ3n) is 5.30. The summed E-state index contributed by atoms with van der Waals surface area (Å²) < 4.78 is 0. The molecule has 1 aliphatic heterocycles. The largest absolute Gasteiger partial charge is 0.481 e. The normalized spacial score (nSPS) is 33.0. The zero-order valence-corrected chi connectivity index (χ0v) is 13.2. The van der Waals surface area contributed by atoms with Crippen molar-refractivity contribution in [2.45, 2.75) is 46.0 Å². The van der Waals surface area contributed by atoms with Crippen LogP contribution in [0.1, 0.15) is 46.0 Å². The van der Waals surface area contributed by atoms with Gasteiger partial charge < -0.3 is 15.3 Å². The molecule has 2 fully saturated rings. The van der Waals surface area contributed by atoms with Gasteiger partial charge in [-0.15, -0.1) is 0 Å². The van der Waals surface area contributed by atoms with Crippen LogP contribution in [0.15, 0.2) is 0 Å². The topological polar surface area (TPSA) is 69.6 Å². The van der Waals surface area contributed by atoms with Crippen molar-refractivity contribution in [3.05, 3.63) is 0 Å². The highest BCUT2D eigenvalue weighted by atomic mass is 16.4. The Hall–Kier alpha value is -1.26. The molecule has 0 aromatic rings. The third kappa shape index (κ3) is 4.11. The fourth-order valence-electron chi connectivity index (χ4n) is 3.64. The number of aliphatic carboxylic acids is 1. The van der Waals surface area contributed by atoms with Crippen LogP contribution in [0.5, 0.6) is 0 Å². The Kier molecular flexibility index (Phi) is 5.48. The van der Waals surface area contributed by atoms with Crippen molar-refractivity contribution in [3.63, 3.8) is 0 Å². The third-order valence-corrected chi connectivity index (χ3v) is 5.30. The molecule has 1 saturated carbocycles. The van der Waals surface area contributed by atoms with E-state index in [0.29, 0.717) is 19.0 Å². The number of nitrogens with zero attached hydrogens (tertiary/aromatic N) is 1. The smallest absolute Gasteiger partial charge is 0.317 e. The molecule has 0 bridgehead atoms. The van der Waals surface area contributed by atoms with Gasteiger partial charge in [0, 0.05) is 19.6 Å². The predicted octanol–water partition coefficient (Wildman–Crippen LogP) is 2.56. The molecule has 120 valence electrons. The zero-order valence-electron chi connectivity index (χ0n) is 13.2. The standard InChI is InChI=1S/C16H28N2O3/c1-3-12-4-6-13(7-5-12)8-17-16(21)18-9-11(2)14(10-18)15(19)20/h11-14H,3-10H2,1-2H3,(H,17,21)(H,19,20)/t11-,12?,13?,14-/m1/s1. The maximum atomic E-state index is 12.1. The Morgan fingerprint density at radius 1 is 1.14 bits per heavy atom. The second-order valence-electron chi connectivity index (χ2n) is 6.81. The predicted molar refractivity (Wildman–Crippen MR) is 81.0 cm³/mol. The molecule has 2 aliphatic rings. The number of carbonyl (C=O) groups excluding carboxylic acids is 1. The molecule has 0 aromatic heterocycles. The molecule has 1 aliphatic carbocycles. The van der Waals surface area contributed by atoms with Crippen molar-refractivity contribution in [2.24, 2.45) is 23.7 Å². The second-order valence-corrected chi connectivity index (χ2v) is 6.81. The zero-order chi connectivity index (χ0) is 15.4. The first-order valence-electron chi connectivity index (χ1n) is 8.26. The molecular weight excluding hydrogens is 268 g/mol. The van der Waals surface area contributed by atoms with E-state index in [-0.39, 0.29) is 11.9 Å². The van der Waals surface area contributed by atoms with Crippen molar-refractivity contribution in [1.29, 1.82) is 0 Å². The van der Waals surface area contributed by atoms with E-state index >= 15 is 0 Å². The lowest BCUT2D eigenvalue weighted by Crippen LogP contribution is -2.41. The fourth-order valence-corrected chi connectivity index (χ4v) is 3.64. The number of rotatable bonds is 4. The van der Waals surface area contributed by atoms with Crippen LogP contribution in [-0.2, 0) is 4.79 Å². The Bertz CT molecular complexity index is 378. The quantitative estimate of drug-likeness (QED) is 0.837. The lowest BCUT2D eigenvalue weighted by molar-refractivity contribution is -0.142. The van der Waals surface area contributed by atoms with Gasteiger partial charge in [0.2, 0.25) is 0 Å². The molecule has 0 unspecified atom stereocenters. The van der Waals surface area contributed by atoms with E-state index in [9.17, 15) is 9.59 Å². The molecule has 2 atom stereocenters. The average molecular weight is 296 g/mol. The maximum Gasteiger partial charge on any atom is 0.317 e. The van der Waals surface area contributed by atoms with Gasteiger partial charge in [0.05, 0.1) is 5.92 Å². The van der Waals surface area contributed by atoms with Crippen LogP contribution in [0.25, 0.3) is 0 Å². The van der Waals surface area contributed by atoms with Gasteiger partial charge in [-0.1, -0.05) is 33.1 Å². The van der Waals surface area contributed by atoms with Gasteiger partial charge in [0.25, 0.3) is 0 Å². The summed E-state index contributed by atoms with van der Waals surface area (Å²) in [6.45, 7) is 5.77. The summed E-state index contributed by atoms with van der Waals surface area (Å²) in [7, 11) is 0. The summed E-state index contributed by atoms with van der Waals surface area (Å²) in [6.07, 6.45) is 6.22. The lowest BCUT2D eigenvalue weighted by atomic mass is 9.81. The van der Waals surface area contributed by atoms with Crippen LogP contribution in [0.3, 0.4) is 0 Å². The molecular formula is C16H28N2O3. The van der Waals surface area contributed by atoms with E-state index in [4.69, 9.17) is 5.11 Å². The van der Waals surface area contributed by atoms with E-state index in [1.165, 1.54) is 32.1 Å². The van der Waals surface area contributed by atoms with Crippen molar-refractivity contribution in [1.82, 2.24) is 10.2 Å². The average Bonchev–Trinajstić information content (AvgIpc) is 2.87. The fraction of sp³-hybridized carbons (Fsp3) is 0.875. The van der Waals surface area contributed by atoms with Crippen LogP contribution in [0.2, 0.25) is 0 Å². The maximum absolute atomic E-state index is 12.1. The van der Waals surface area contributed by atoms with Crippen molar-refractivity contribution >= 4 is 12.0 Å². The van der Waals surface area contributed by atoms with E-state index in [0.717, 1.165) is 12.5 Å². The molecule has 2 rings (SSSR count). The van der Waals surface area contributed by atoms with Gasteiger partial charge in [-0.25, -0.2) is 4.79 Å². The molecule has 0 radical (unpaired) electrons. The van der Waals surface area contributed by atoms with Crippen LogP contribution in [0.4, 0.5) is 4.79 Å². The molecule has 0 aromatic carbocycles. The molecule has 1 heterocycles. The minimum absolute atomic E-state index is 0.0354. The SMILES string of the molecule is CCC1CCC(CNC(=O)N2C[C@@H](C)[C@H](C(=O)O)C2)CC1. The minimum atomic E-state index is -0.796. The number of carboxylic acids is 1. The number of carboxylic acid groups (broad SMARTS) is 1. The summed E-state index contributed by atoms with van der Waals surface area (Å²) in [5, 5.41) is 12.1. The summed E-state index contributed by atoms with van der Waals surface area (Å²) >= 11 is 0. The number of hydrogen-bond acceptors (Lipinski definition) is 2. The van der Waals surface area contributed by atoms with E-state index < -0.39 is 11.9 Å².